The molecule has 1 aliphatic carbocycles. The number of ketones is 2. The fourth-order valence-electron chi connectivity index (χ4n) is 2.34. The van der Waals surface area contributed by atoms with Crippen LogP contribution in [-0.2, 0) is 6.54 Å². The third-order valence-electron chi connectivity index (χ3n) is 3.52. The largest absolute Gasteiger partial charge is 0.376 e. The first-order valence-electron chi connectivity index (χ1n) is 6.75. The molecule has 6 heteroatoms. The molecule has 0 aliphatic heterocycles. The first-order chi connectivity index (χ1) is 11.0. The quantitative estimate of drug-likeness (QED) is 0.862. The van der Waals surface area contributed by atoms with Crippen LogP contribution in [0, 0.1) is 0 Å². The molecule has 2 aromatic carbocycles. The highest BCUT2D eigenvalue weighted by Gasteiger charge is 2.30. The van der Waals surface area contributed by atoms with E-state index in [0.717, 1.165) is 5.56 Å². The maximum atomic E-state index is 12.5. The highest BCUT2D eigenvalue weighted by molar-refractivity contribution is 6.49. The van der Waals surface area contributed by atoms with Crippen molar-refractivity contribution in [3.63, 3.8) is 0 Å². The van der Waals surface area contributed by atoms with Crippen LogP contribution in [0.3, 0.4) is 0 Å². The van der Waals surface area contributed by atoms with Crippen molar-refractivity contribution in [3.8, 4) is 0 Å². The highest BCUT2D eigenvalue weighted by atomic mass is 35.5. The minimum Gasteiger partial charge on any atom is -0.376 e. The van der Waals surface area contributed by atoms with E-state index >= 15 is 0 Å². The van der Waals surface area contributed by atoms with Gasteiger partial charge in [-0.2, -0.15) is 0 Å². The number of Topliss-reactive ketones (excluding diaryl/α,β-unsaturated/α-hetero) is 2. The number of nitrogens with one attached hydrogen (secondary N) is 1. The van der Waals surface area contributed by atoms with Crippen LogP contribution in [-0.4, -0.2) is 11.6 Å². The zero-order valence-corrected chi connectivity index (χ0v) is 14.0. The molecule has 1 N–H and O–H groups in total. The van der Waals surface area contributed by atoms with Crippen LogP contribution in [0.4, 0.5) is 0 Å². The van der Waals surface area contributed by atoms with Gasteiger partial charge in [0.05, 0.1) is 10.0 Å². The van der Waals surface area contributed by atoms with Gasteiger partial charge in [-0.3, -0.25) is 9.59 Å². The lowest BCUT2D eigenvalue weighted by Gasteiger charge is -2.19. The Balaban J connectivity index is 1.88. The molecule has 0 spiro atoms. The van der Waals surface area contributed by atoms with Crippen LogP contribution in [0.15, 0.2) is 53.2 Å². The normalized spacial score (nSPS) is 14.0. The van der Waals surface area contributed by atoms with Crippen molar-refractivity contribution in [3.05, 3.63) is 79.9 Å². The summed E-state index contributed by atoms with van der Waals surface area (Å²) in [5, 5.41) is 3.70. The first kappa shape index (κ1) is 16.1. The van der Waals surface area contributed by atoms with Gasteiger partial charge in [0.2, 0.25) is 11.6 Å². The predicted molar refractivity (Wildman–Crippen MR) is 91.3 cm³/mol. The average Bonchev–Trinajstić information content (AvgIpc) is 2.56. The number of hydrogen-bond acceptors (Lipinski definition) is 3. The van der Waals surface area contributed by atoms with Gasteiger partial charge in [-0.1, -0.05) is 65.1 Å². The van der Waals surface area contributed by atoms with Gasteiger partial charge in [0, 0.05) is 17.7 Å². The zero-order chi connectivity index (χ0) is 16.6. The van der Waals surface area contributed by atoms with Gasteiger partial charge in [0.1, 0.15) is 10.7 Å². The van der Waals surface area contributed by atoms with Crippen LogP contribution in [0.5, 0.6) is 0 Å². The van der Waals surface area contributed by atoms with Crippen molar-refractivity contribution in [1.29, 1.82) is 0 Å². The molecule has 0 saturated carbocycles. The number of carbonyl (C=O) groups is 2. The number of carbonyl (C=O) groups excluding carboxylic acids is 2. The molecule has 0 heterocycles. The summed E-state index contributed by atoms with van der Waals surface area (Å²) in [4.78, 5) is 24.8. The Hall–Kier alpha value is -1.81. The zero-order valence-electron chi connectivity index (χ0n) is 11.7. The minimum atomic E-state index is -0.362. The monoisotopic (exact) mass is 365 g/mol. The number of halogens is 3. The number of benzene rings is 2. The lowest BCUT2D eigenvalue weighted by atomic mass is 9.92. The van der Waals surface area contributed by atoms with Crippen molar-refractivity contribution < 1.29 is 9.59 Å². The van der Waals surface area contributed by atoms with E-state index in [0.29, 0.717) is 27.7 Å². The predicted octanol–water partition coefficient (Wildman–Crippen LogP) is 4.61. The molecule has 0 atom stereocenters. The minimum absolute atomic E-state index is 0.0986. The molecule has 23 heavy (non-hydrogen) atoms. The van der Waals surface area contributed by atoms with Gasteiger partial charge >= 0.3 is 0 Å². The van der Waals surface area contributed by atoms with E-state index in [9.17, 15) is 9.59 Å². The van der Waals surface area contributed by atoms with Crippen molar-refractivity contribution in [2.24, 2.45) is 0 Å². The van der Waals surface area contributed by atoms with Gasteiger partial charge in [-0.15, -0.1) is 0 Å². The molecule has 0 amide bonds. The van der Waals surface area contributed by atoms with Crippen LogP contribution in [0.25, 0.3) is 0 Å². The lowest BCUT2D eigenvalue weighted by molar-refractivity contribution is 0.0974. The smallest absolute Gasteiger partial charge is 0.211 e. The molecular weight excluding hydrogens is 357 g/mol. The van der Waals surface area contributed by atoms with Gasteiger partial charge in [0.25, 0.3) is 0 Å². The van der Waals surface area contributed by atoms with E-state index in [1.807, 2.05) is 0 Å². The molecule has 0 fully saturated rings. The second kappa shape index (κ2) is 6.36. The van der Waals surface area contributed by atoms with E-state index in [1.54, 1.807) is 42.5 Å². The summed E-state index contributed by atoms with van der Waals surface area (Å²) in [5.41, 5.74) is 1.58. The Morgan fingerprint density at radius 2 is 1.48 bits per heavy atom. The van der Waals surface area contributed by atoms with Gasteiger partial charge in [-0.05, 0) is 17.7 Å². The second-order valence-corrected chi connectivity index (χ2v) is 6.19. The van der Waals surface area contributed by atoms with E-state index in [4.69, 9.17) is 34.8 Å². The van der Waals surface area contributed by atoms with E-state index in [1.165, 1.54) is 0 Å². The van der Waals surface area contributed by atoms with E-state index in [2.05, 4.69) is 5.32 Å². The fraction of sp³-hybridized carbons (Fsp3) is 0.0588. The Kier molecular flexibility index (Phi) is 4.44. The molecule has 0 saturated heterocycles. The summed E-state index contributed by atoms with van der Waals surface area (Å²) in [7, 11) is 0. The first-order valence-corrected chi connectivity index (χ1v) is 7.88. The van der Waals surface area contributed by atoms with Crippen molar-refractivity contribution in [2.45, 2.75) is 6.54 Å². The summed E-state index contributed by atoms with van der Waals surface area (Å²) in [6.07, 6.45) is 0. The Morgan fingerprint density at radius 3 is 2.13 bits per heavy atom. The second-order valence-electron chi connectivity index (χ2n) is 4.99. The summed E-state index contributed by atoms with van der Waals surface area (Å²) < 4.78 is 0. The molecule has 0 unspecified atom stereocenters. The summed E-state index contributed by atoms with van der Waals surface area (Å²) >= 11 is 17.9. The third-order valence-corrected chi connectivity index (χ3v) is 4.62. The summed E-state index contributed by atoms with van der Waals surface area (Å²) in [6.45, 7) is 0.295. The number of rotatable bonds is 3. The molecule has 3 rings (SSSR count). The van der Waals surface area contributed by atoms with Crippen LogP contribution < -0.4 is 5.32 Å². The molecule has 0 aromatic heterocycles. The van der Waals surface area contributed by atoms with Gasteiger partial charge in [-0.25, -0.2) is 0 Å². The lowest BCUT2D eigenvalue weighted by Crippen LogP contribution is -2.28. The molecule has 3 nitrogen and oxygen atoms in total. The fourth-order valence-corrected chi connectivity index (χ4v) is 2.92. The summed E-state index contributed by atoms with van der Waals surface area (Å²) in [6, 6.07) is 11.7. The standard InChI is InChI=1S/C17H10Cl3NO2/c18-12-6-5-9(7-13(12)19)8-21-15-14(20)16(22)10-3-1-2-4-11(10)17(15)23/h1-7,21H,8H2. The number of fused-ring (bicyclic) bond motifs is 1. The van der Waals surface area contributed by atoms with Crippen LogP contribution >= 0.6 is 34.8 Å². The maximum Gasteiger partial charge on any atom is 0.211 e. The van der Waals surface area contributed by atoms with Crippen molar-refractivity contribution in [2.75, 3.05) is 0 Å². The van der Waals surface area contributed by atoms with Gasteiger partial charge < -0.3 is 5.32 Å². The Labute approximate surface area is 147 Å². The molecule has 116 valence electrons. The maximum absolute atomic E-state index is 12.5. The summed E-state index contributed by atoms with van der Waals surface area (Å²) in [5.74, 6) is -0.663. The SMILES string of the molecule is O=C1C(Cl)=C(NCc2ccc(Cl)c(Cl)c2)C(=O)c2ccccc21. The van der Waals surface area contributed by atoms with Crippen LogP contribution in [0.2, 0.25) is 10.0 Å². The molecular formula is C17H10Cl3NO2. The van der Waals surface area contributed by atoms with Crippen LogP contribution in [0.1, 0.15) is 26.3 Å². The number of allylic oxidation sites excluding steroid dienone is 2. The van der Waals surface area contributed by atoms with Crippen molar-refractivity contribution >= 4 is 46.4 Å². The van der Waals surface area contributed by atoms with Crippen molar-refractivity contribution in [1.82, 2.24) is 5.32 Å². The Bertz CT molecular complexity index is 859. The molecule has 1 aliphatic rings. The van der Waals surface area contributed by atoms with E-state index in [-0.39, 0.29) is 22.3 Å². The van der Waals surface area contributed by atoms with E-state index < -0.39 is 0 Å². The average molecular weight is 367 g/mol. The molecule has 0 radical (unpaired) electrons. The third kappa shape index (κ3) is 3.00. The topological polar surface area (TPSA) is 46.2 Å². The molecule has 0 bridgehead atoms. The van der Waals surface area contributed by atoms with Gasteiger partial charge in [0.15, 0.2) is 0 Å². The molecule has 2 aromatic rings. The number of hydrogen-bond donors (Lipinski definition) is 1. The highest BCUT2D eigenvalue weighted by Crippen LogP contribution is 2.28. The Morgan fingerprint density at radius 1 is 0.826 bits per heavy atom.